The Morgan fingerprint density at radius 2 is 2.10 bits per heavy atom. The van der Waals surface area contributed by atoms with Crippen LogP contribution in [0.25, 0.3) is 0 Å². The summed E-state index contributed by atoms with van der Waals surface area (Å²) in [4.78, 5) is 11.1. The van der Waals surface area contributed by atoms with E-state index in [1.165, 1.54) is 0 Å². The van der Waals surface area contributed by atoms with Crippen molar-refractivity contribution in [1.29, 1.82) is 0 Å². The molecule has 0 unspecified atom stereocenters. The lowest BCUT2D eigenvalue weighted by atomic mass is 10.2. The van der Waals surface area contributed by atoms with E-state index < -0.39 is 0 Å². The topological polar surface area (TPSA) is 43.1 Å². The maximum Gasteiger partial charge on any atom is 0.151 e. The molecule has 52 valence electrons. The first kappa shape index (κ1) is 7.31. The normalized spacial score (nSPS) is 9.30. The van der Waals surface area contributed by atoms with Gasteiger partial charge in [0, 0.05) is 10.5 Å². The van der Waals surface area contributed by atoms with Crippen LogP contribution in [0.4, 0.5) is 0 Å². The van der Waals surface area contributed by atoms with E-state index in [2.05, 4.69) is 0 Å². The van der Waals surface area contributed by atoms with E-state index in [0.717, 1.165) is 23.1 Å². The van der Waals surface area contributed by atoms with Crippen LogP contribution in [0, 0.1) is 0 Å². The van der Waals surface area contributed by atoms with E-state index in [9.17, 15) is 4.79 Å². The van der Waals surface area contributed by atoms with Gasteiger partial charge in [0.1, 0.15) is 0 Å². The molecule has 0 heterocycles. The van der Waals surface area contributed by atoms with Gasteiger partial charge in [0.05, 0.1) is 0 Å². The molecule has 0 aromatic heterocycles. The summed E-state index contributed by atoms with van der Waals surface area (Å²) in [5, 5.41) is 5.28. The fourth-order valence-corrected chi connectivity index (χ4v) is 1.09. The summed E-state index contributed by atoms with van der Waals surface area (Å²) in [7, 11) is 0. The van der Waals surface area contributed by atoms with Gasteiger partial charge in [0.25, 0.3) is 0 Å². The second-order valence-corrected chi connectivity index (χ2v) is 2.45. The Bertz CT molecular complexity index is 237. The van der Waals surface area contributed by atoms with Crippen LogP contribution in [0.15, 0.2) is 29.2 Å². The number of benzene rings is 1. The summed E-state index contributed by atoms with van der Waals surface area (Å²) in [6, 6.07) is 7.21. The largest absolute Gasteiger partial charge is 0.298 e. The Labute approximate surface area is 63.6 Å². The molecule has 0 amide bonds. The van der Waals surface area contributed by atoms with E-state index in [0.29, 0.717) is 5.56 Å². The predicted molar refractivity (Wildman–Crippen MR) is 41.9 cm³/mol. The molecule has 0 aliphatic heterocycles. The number of hydrogen-bond acceptors (Lipinski definition) is 3. The third-order valence-corrected chi connectivity index (χ3v) is 1.80. The molecule has 0 radical (unpaired) electrons. The molecule has 1 rings (SSSR count). The Morgan fingerprint density at radius 3 is 2.60 bits per heavy atom. The Hall–Kier alpha value is -0.800. The smallest absolute Gasteiger partial charge is 0.151 e. The standard InChI is InChI=1S/C7H7NOS/c8-10-7-4-2-1-3-6(7)5-9/h1-5H,8H2. The van der Waals surface area contributed by atoms with Gasteiger partial charge in [-0.15, -0.1) is 0 Å². The first-order chi connectivity index (χ1) is 4.88. The Balaban J connectivity index is 3.08. The van der Waals surface area contributed by atoms with Gasteiger partial charge in [-0.1, -0.05) is 18.2 Å². The minimum Gasteiger partial charge on any atom is -0.298 e. The van der Waals surface area contributed by atoms with E-state index in [1.807, 2.05) is 18.2 Å². The lowest BCUT2D eigenvalue weighted by Crippen LogP contribution is -1.86. The van der Waals surface area contributed by atoms with Crippen molar-refractivity contribution in [1.82, 2.24) is 0 Å². The molecule has 0 spiro atoms. The summed E-state index contributed by atoms with van der Waals surface area (Å²) < 4.78 is 0. The second-order valence-electron chi connectivity index (χ2n) is 1.77. The van der Waals surface area contributed by atoms with Crippen molar-refractivity contribution in [2.75, 3.05) is 0 Å². The molecule has 1 aromatic carbocycles. The fourth-order valence-electron chi connectivity index (χ4n) is 0.685. The Kier molecular flexibility index (Phi) is 2.48. The van der Waals surface area contributed by atoms with E-state index >= 15 is 0 Å². The number of aldehydes is 1. The van der Waals surface area contributed by atoms with Crippen LogP contribution < -0.4 is 5.14 Å². The van der Waals surface area contributed by atoms with Gasteiger partial charge in [-0.3, -0.25) is 9.93 Å². The number of rotatable bonds is 2. The summed E-state index contributed by atoms with van der Waals surface area (Å²) in [6.45, 7) is 0. The van der Waals surface area contributed by atoms with Crippen molar-refractivity contribution < 1.29 is 4.79 Å². The summed E-state index contributed by atoms with van der Waals surface area (Å²) >= 11 is 1.09. The minimum atomic E-state index is 0.648. The molecule has 1 aromatic rings. The Morgan fingerprint density at radius 1 is 1.40 bits per heavy atom. The molecular formula is C7H7NOS. The molecule has 0 fully saturated rings. The predicted octanol–water partition coefficient (Wildman–Crippen LogP) is 1.46. The van der Waals surface area contributed by atoms with Crippen molar-refractivity contribution in [3.63, 3.8) is 0 Å². The molecule has 0 atom stereocenters. The van der Waals surface area contributed by atoms with Crippen molar-refractivity contribution in [2.45, 2.75) is 4.90 Å². The van der Waals surface area contributed by atoms with Gasteiger partial charge in [-0.05, 0) is 18.0 Å². The molecule has 0 aliphatic carbocycles. The van der Waals surface area contributed by atoms with E-state index in [-0.39, 0.29) is 0 Å². The van der Waals surface area contributed by atoms with Crippen LogP contribution >= 0.6 is 11.9 Å². The van der Waals surface area contributed by atoms with E-state index in [4.69, 9.17) is 5.14 Å². The number of carbonyl (C=O) groups is 1. The minimum absolute atomic E-state index is 0.648. The average molecular weight is 153 g/mol. The highest BCUT2D eigenvalue weighted by Gasteiger charge is 1.96. The molecule has 2 nitrogen and oxygen atoms in total. The SMILES string of the molecule is NSc1ccccc1C=O. The highest BCUT2D eigenvalue weighted by Crippen LogP contribution is 2.14. The molecule has 3 heteroatoms. The highest BCUT2D eigenvalue weighted by molar-refractivity contribution is 7.97. The molecule has 10 heavy (non-hydrogen) atoms. The maximum atomic E-state index is 10.3. The molecular weight excluding hydrogens is 146 g/mol. The van der Waals surface area contributed by atoms with Crippen molar-refractivity contribution in [2.24, 2.45) is 5.14 Å². The maximum absolute atomic E-state index is 10.3. The van der Waals surface area contributed by atoms with Crippen molar-refractivity contribution in [3.8, 4) is 0 Å². The van der Waals surface area contributed by atoms with Gasteiger partial charge in [-0.2, -0.15) is 0 Å². The van der Waals surface area contributed by atoms with Gasteiger partial charge in [-0.25, -0.2) is 0 Å². The van der Waals surface area contributed by atoms with Crippen LogP contribution in [-0.4, -0.2) is 6.29 Å². The van der Waals surface area contributed by atoms with Gasteiger partial charge in [0.2, 0.25) is 0 Å². The summed E-state index contributed by atoms with van der Waals surface area (Å²) in [5.41, 5.74) is 0.648. The summed E-state index contributed by atoms with van der Waals surface area (Å²) in [5.74, 6) is 0. The number of nitrogens with two attached hydrogens (primary N) is 1. The third kappa shape index (κ3) is 1.37. The number of carbonyl (C=O) groups excluding carboxylic acids is 1. The quantitative estimate of drug-likeness (QED) is 0.516. The van der Waals surface area contributed by atoms with Crippen LogP contribution in [-0.2, 0) is 0 Å². The van der Waals surface area contributed by atoms with Crippen LogP contribution in [0.2, 0.25) is 0 Å². The average Bonchev–Trinajstić information content (AvgIpc) is 2.04. The van der Waals surface area contributed by atoms with E-state index in [1.54, 1.807) is 6.07 Å². The van der Waals surface area contributed by atoms with Gasteiger partial charge in [0.15, 0.2) is 6.29 Å². The van der Waals surface area contributed by atoms with Crippen LogP contribution in [0.1, 0.15) is 10.4 Å². The zero-order valence-corrected chi connectivity index (χ0v) is 6.10. The molecule has 0 saturated heterocycles. The lowest BCUT2D eigenvalue weighted by Gasteiger charge is -1.96. The molecule has 2 N–H and O–H groups in total. The summed E-state index contributed by atoms with van der Waals surface area (Å²) in [6.07, 6.45) is 0.801. The van der Waals surface area contributed by atoms with Crippen LogP contribution in [0.5, 0.6) is 0 Å². The highest BCUT2D eigenvalue weighted by atomic mass is 32.2. The first-order valence-electron chi connectivity index (χ1n) is 2.79. The molecule has 0 bridgehead atoms. The van der Waals surface area contributed by atoms with Crippen molar-refractivity contribution >= 4 is 18.2 Å². The monoisotopic (exact) mass is 153 g/mol. The first-order valence-corrected chi connectivity index (χ1v) is 3.67. The third-order valence-electron chi connectivity index (χ3n) is 1.17. The molecule has 0 aliphatic rings. The molecule has 0 saturated carbocycles. The van der Waals surface area contributed by atoms with Gasteiger partial charge < -0.3 is 0 Å². The van der Waals surface area contributed by atoms with Gasteiger partial charge >= 0.3 is 0 Å². The van der Waals surface area contributed by atoms with Crippen LogP contribution in [0.3, 0.4) is 0 Å². The zero-order valence-electron chi connectivity index (χ0n) is 5.28. The number of hydrogen-bond donors (Lipinski definition) is 1. The lowest BCUT2D eigenvalue weighted by molar-refractivity contribution is 0.112. The second kappa shape index (κ2) is 3.39. The zero-order chi connectivity index (χ0) is 7.40. The van der Waals surface area contributed by atoms with Crippen molar-refractivity contribution in [3.05, 3.63) is 29.8 Å². The fraction of sp³-hybridized carbons (Fsp3) is 0.